The van der Waals surface area contributed by atoms with Gasteiger partial charge in [0.1, 0.15) is 0 Å². The van der Waals surface area contributed by atoms with Crippen molar-refractivity contribution in [1.29, 1.82) is 0 Å². The summed E-state index contributed by atoms with van der Waals surface area (Å²) in [5, 5.41) is 11.6. The van der Waals surface area contributed by atoms with E-state index in [0.29, 0.717) is 25.9 Å². The number of aliphatic carboxylic acids is 1. The van der Waals surface area contributed by atoms with Gasteiger partial charge >= 0.3 is 12.0 Å². The summed E-state index contributed by atoms with van der Waals surface area (Å²) in [5.74, 6) is -2.35. The molecule has 9 heteroatoms. The Morgan fingerprint density at radius 2 is 2.04 bits per heavy atom. The lowest BCUT2D eigenvalue weighted by Gasteiger charge is -2.36. The van der Waals surface area contributed by atoms with E-state index in [9.17, 15) is 18.8 Å². The van der Waals surface area contributed by atoms with Crippen LogP contribution in [0.25, 0.3) is 0 Å². The molecule has 3 heterocycles. The zero-order chi connectivity index (χ0) is 18.0. The van der Waals surface area contributed by atoms with Crippen molar-refractivity contribution in [1.82, 2.24) is 14.8 Å². The number of nitrogens with zero attached hydrogens (tertiary/aromatic N) is 3. The van der Waals surface area contributed by atoms with E-state index >= 15 is 0 Å². The number of carbonyl (C=O) groups is 3. The van der Waals surface area contributed by atoms with E-state index < -0.39 is 23.7 Å². The maximum atomic E-state index is 13.5. The Kier molecular flexibility index (Phi) is 4.82. The zero-order valence-corrected chi connectivity index (χ0v) is 13.5. The summed E-state index contributed by atoms with van der Waals surface area (Å²) < 4.78 is 13.5. The number of rotatable bonds is 3. The highest BCUT2D eigenvalue weighted by molar-refractivity contribution is 5.89. The highest BCUT2D eigenvalue weighted by Crippen LogP contribution is 2.26. The Bertz CT molecular complexity index is 690. The minimum absolute atomic E-state index is 0.0390. The molecular formula is C16H19FN4O4. The Labute approximate surface area is 143 Å². The minimum atomic E-state index is -0.952. The smallest absolute Gasteiger partial charge is 0.321 e. The molecule has 2 aliphatic heterocycles. The zero-order valence-electron chi connectivity index (χ0n) is 13.5. The second-order valence-electron chi connectivity index (χ2n) is 6.29. The van der Waals surface area contributed by atoms with Gasteiger partial charge in [-0.3, -0.25) is 14.6 Å². The van der Waals surface area contributed by atoms with Crippen molar-refractivity contribution < 1.29 is 23.9 Å². The van der Waals surface area contributed by atoms with Crippen molar-refractivity contribution >= 4 is 23.6 Å². The van der Waals surface area contributed by atoms with Crippen molar-refractivity contribution in [2.45, 2.75) is 25.3 Å². The molecule has 1 atom stereocenters. The van der Waals surface area contributed by atoms with Crippen molar-refractivity contribution in [3.63, 3.8) is 0 Å². The second kappa shape index (κ2) is 7.04. The maximum absolute atomic E-state index is 13.5. The average molecular weight is 350 g/mol. The van der Waals surface area contributed by atoms with Gasteiger partial charge < -0.3 is 20.2 Å². The van der Waals surface area contributed by atoms with E-state index in [-0.39, 0.29) is 30.6 Å². The van der Waals surface area contributed by atoms with Gasteiger partial charge in [-0.2, -0.15) is 0 Å². The number of urea groups is 1. The largest absolute Gasteiger partial charge is 0.481 e. The monoisotopic (exact) mass is 350 g/mol. The first-order valence-corrected chi connectivity index (χ1v) is 8.13. The SMILES string of the molecule is O=C(O)C1CC(=O)N(C2CCN(C(=O)Nc3ccncc3F)CC2)C1. The van der Waals surface area contributed by atoms with Gasteiger partial charge in [0.2, 0.25) is 5.91 Å². The lowest BCUT2D eigenvalue weighted by Crippen LogP contribution is -2.48. The topological polar surface area (TPSA) is 103 Å². The number of hydrogen-bond acceptors (Lipinski definition) is 4. The van der Waals surface area contributed by atoms with Crippen LogP contribution in [0.1, 0.15) is 19.3 Å². The van der Waals surface area contributed by atoms with Gasteiger partial charge in [0, 0.05) is 38.3 Å². The van der Waals surface area contributed by atoms with Crippen molar-refractivity contribution in [2.75, 3.05) is 25.0 Å². The Morgan fingerprint density at radius 3 is 2.64 bits per heavy atom. The van der Waals surface area contributed by atoms with E-state index in [1.54, 1.807) is 9.80 Å². The molecule has 0 aliphatic carbocycles. The maximum Gasteiger partial charge on any atom is 0.321 e. The van der Waals surface area contributed by atoms with Crippen molar-refractivity contribution in [3.05, 3.63) is 24.3 Å². The van der Waals surface area contributed by atoms with E-state index in [0.717, 1.165) is 6.20 Å². The minimum Gasteiger partial charge on any atom is -0.481 e. The summed E-state index contributed by atoms with van der Waals surface area (Å²) in [6.07, 6.45) is 3.61. The molecule has 1 aromatic heterocycles. The number of nitrogens with one attached hydrogen (secondary N) is 1. The van der Waals surface area contributed by atoms with Crippen LogP contribution in [0, 0.1) is 11.7 Å². The van der Waals surface area contributed by atoms with E-state index in [2.05, 4.69) is 10.3 Å². The Hall–Kier alpha value is -2.71. The molecule has 0 spiro atoms. The van der Waals surface area contributed by atoms with Crippen LogP contribution >= 0.6 is 0 Å². The number of carboxylic acid groups (broad SMARTS) is 1. The van der Waals surface area contributed by atoms with Gasteiger partial charge in [0.25, 0.3) is 0 Å². The molecule has 2 saturated heterocycles. The third kappa shape index (κ3) is 3.70. The van der Waals surface area contributed by atoms with Crippen LogP contribution < -0.4 is 5.32 Å². The number of amides is 3. The Morgan fingerprint density at radius 1 is 1.32 bits per heavy atom. The molecule has 0 aromatic carbocycles. The number of carboxylic acids is 1. The normalized spacial score (nSPS) is 21.5. The number of anilines is 1. The number of carbonyl (C=O) groups excluding carboxylic acids is 2. The fraction of sp³-hybridized carbons (Fsp3) is 0.500. The van der Waals surface area contributed by atoms with Crippen molar-refractivity contribution in [3.8, 4) is 0 Å². The van der Waals surface area contributed by atoms with Crippen LogP contribution in [0.4, 0.5) is 14.9 Å². The first-order chi connectivity index (χ1) is 12.0. The summed E-state index contributed by atoms with van der Waals surface area (Å²) in [4.78, 5) is 42.1. The lowest BCUT2D eigenvalue weighted by molar-refractivity contribution is -0.141. The summed E-state index contributed by atoms with van der Waals surface area (Å²) in [6.45, 7) is 1.07. The highest BCUT2D eigenvalue weighted by Gasteiger charge is 2.39. The standard InChI is InChI=1S/C16H19FN4O4/c17-12-8-18-4-1-13(12)19-16(25)20-5-2-11(3-6-20)21-9-10(15(23)24)7-14(21)22/h1,4,8,10-11H,2-3,5-7,9H2,(H,23,24)(H,18,19,25). The number of hydrogen-bond donors (Lipinski definition) is 2. The molecule has 2 N–H and O–H groups in total. The first kappa shape index (κ1) is 17.1. The fourth-order valence-corrected chi connectivity index (χ4v) is 3.30. The number of piperidine rings is 1. The van der Waals surface area contributed by atoms with E-state index in [1.807, 2.05) is 0 Å². The average Bonchev–Trinajstić information content (AvgIpc) is 2.99. The van der Waals surface area contributed by atoms with Gasteiger partial charge in [-0.25, -0.2) is 9.18 Å². The lowest BCUT2D eigenvalue weighted by atomic mass is 10.0. The van der Waals surface area contributed by atoms with Crippen LogP contribution in [0.5, 0.6) is 0 Å². The quantitative estimate of drug-likeness (QED) is 0.851. The third-order valence-electron chi connectivity index (χ3n) is 4.71. The summed E-state index contributed by atoms with van der Waals surface area (Å²) in [6, 6.07) is 0.924. The van der Waals surface area contributed by atoms with Crippen LogP contribution in [-0.2, 0) is 9.59 Å². The van der Waals surface area contributed by atoms with Gasteiger partial charge in [0.15, 0.2) is 5.82 Å². The number of pyridine rings is 1. The molecule has 25 heavy (non-hydrogen) atoms. The molecule has 1 unspecified atom stereocenters. The van der Waals surface area contributed by atoms with Crippen LogP contribution in [-0.4, -0.2) is 63.5 Å². The van der Waals surface area contributed by atoms with E-state index in [4.69, 9.17) is 5.11 Å². The van der Waals surface area contributed by atoms with Gasteiger partial charge in [0.05, 0.1) is 17.8 Å². The molecule has 3 rings (SSSR count). The molecule has 134 valence electrons. The molecule has 0 bridgehead atoms. The van der Waals surface area contributed by atoms with E-state index in [1.165, 1.54) is 12.3 Å². The predicted molar refractivity (Wildman–Crippen MR) is 85.3 cm³/mol. The summed E-state index contributed by atoms with van der Waals surface area (Å²) in [5.41, 5.74) is 0.0705. The van der Waals surface area contributed by atoms with Gasteiger partial charge in [-0.1, -0.05) is 0 Å². The Balaban J connectivity index is 1.53. The predicted octanol–water partition coefficient (Wildman–Crippen LogP) is 1.15. The summed E-state index contributed by atoms with van der Waals surface area (Å²) in [7, 11) is 0. The first-order valence-electron chi connectivity index (χ1n) is 8.13. The molecule has 0 saturated carbocycles. The molecule has 8 nitrogen and oxygen atoms in total. The molecule has 2 aliphatic rings. The highest BCUT2D eigenvalue weighted by atomic mass is 19.1. The van der Waals surface area contributed by atoms with Gasteiger partial charge in [-0.15, -0.1) is 0 Å². The van der Waals surface area contributed by atoms with Crippen molar-refractivity contribution in [2.24, 2.45) is 5.92 Å². The van der Waals surface area contributed by atoms with Crippen LogP contribution in [0.3, 0.4) is 0 Å². The summed E-state index contributed by atoms with van der Waals surface area (Å²) >= 11 is 0. The molecular weight excluding hydrogens is 331 g/mol. The number of halogens is 1. The van der Waals surface area contributed by atoms with Crippen LogP contribution in [0.2, 0.25) is 0 Å². The molecule has 2 fully saturated rings. The van der Waals surface area contributed by atoms with Crippen LogP contribution in [0.15, 0.2) is 18.5 Å². The number of likely N-dealkylation sites (tertiary alicyclic amines) is 2. The molecule has 1 aromatic rings. The molecule has 3 amide bonds. The number of aromatic nitrogens is 1. The van der Waals surface area contributed by atoms with Gasteiger partial charge in [-0.05, 0) is 18.9 Å². The fourth-order valence-electron chi connectivity index (χ4n) is 3.30. The second-order valence-corrected chi connectivity index (χ2v) is 6.29. The third-order valence-corrected chi connectivity index (χ3v) is 4.71. The molecule has 0 radical (unpaired) electrons.